The molecule has 26 heavy (non-hydrogen) atoms. The minimum absolute atomic E-state index is 0.196. The monoisotopic (exact) mass is 354 g/mol. The normalized spacial score (nSPS) is 19.2. The van der Waals surface area contributed by atoms with Gasteiger partial charge in [0.25, 0.3) is 5.91 Å². The third-order valence-electron chi connectivity index (χ3n) is 4.68. The summed E-state index contributed by atoms with van der Waals surface area (Å²) < 4.78 is 17.3. The van der Waals surface area contributed by atoms with E-state index in [0.717, 1.165) is 18.4 Å². The van der Waals surface area contributed by atoms with E-state index in [1.807, 2.05) is 30.3 Å². The lowest BCUT2D eigenvalue weighted by Crippen LogP contribution is -2.43. The molecule has 0 saturated heterocycles. The first-order valence-corrected chi connectivity index (χ1v) is 9.06. The highest BCUT2D eigenvalue weighted by atomic mass is 16.6. The molecule has 0 radical (unpaired) electrons. The second-order valence-corrected chi connectivity index (χ2v) is 6.57. The molecule has 6 heteroatoms. The zero-order valence-electron chi connectivity index (χ0n) is 14.5. The van der Waals surface area contributed by atoms with E-state index >= 15 is 0 Å². The molecule has 1 aromatic heterocycles. The maximum Gasteiger partial charge on any atom is 0.264 e. The standard InChI is InChI=1S/C20H22N2O4/c23-19(18-13-24-16-9-3-4-10-17(16)26-18)22-12-14-6-5-11-21-20(14)25-15-7-1-2-8-15/h3-6,9-11,15,18H,1-2,7-8,12-13H2,(H,22,23). The first kappa shape index (κ1) is 16.7. The average molecular weight is 354 g/mol. The Hall–Kier alpha value is -2.76. The summed E-state index contributed by atoms with van der Waals surface area (Å²) in [6, 6.07) is 11.1. The van der Waals surface area contributed by atoms with Crippen LogP contribution in [0.2, 0.25) is 0 Å². The molecule has 136 valence electrons. The summed E-state index contributed by atoms with van der Waals surface area (Å²) in [5.41, 5.74) is 0.866. The average Bonchev–Trinajstić information content (AvgIpc) is 3.20. The zero-order valence-corrected chi connectivity index (χ0v) is 14.5. The van der Waals surface area contributed by atoms with Crippen LogP contribution in [0.4, 0.5) is 0 Å². The van der Waals surface area contributed by atoms with Crippen LogP contribution in [0.3, 0.4) is 0 Å². The van der Waals surface area contributed by atoms with Gasteiger partial charge in [0, 0.05) is 18.3 Å². The van der Waals surface area contributed by atoms with Crippen LogP contribution in [-0.2, 0) is 11.3 Å². The van der Waals surface area contributed by atoms with Gasteiger partial charge in [-0.3, -0.25) is 4.79 Å². The molecule has 1 aliphatic heterocycles. The van der Waals surface area contributed by atoms with E-state index in [0.29, 0.717) is 23.9 Å². The lowest BCUT2D eigenvalue weighted by Gasteiger charge is -2.25. The molecule has 4 rings (SSSR count). The smallest absolute Gasteiger partial charge is 0.264 e. The number of fused-ring (bicyclic) bond motifs is 1. The Balaban J connectivity index is 1.36. The molecule has 1 amide bonds. The van der Waals surface area contributed by atoms with Crippen molar-refractivity contribution in [3.8, 4) is 17.4 Å². The molecular formula is C20H22N2O4. The van der Waals surface area contributed by atoms with Crippen molar-refractivity contribution in [1.29, 1.82) is 0 Å². The summed E-state index contributed by atoms with van der Waals surface area (Å²) in [5, 5.41) is 2.90. The van der Waals surface area contributed by atoms with Gasteiger partial charge in [0.15, 0.2) is 11.5 Å². The number of hydrogen-bond donors (Lipinski definition) is 1. The quantitative estimate of drug-likeness (QED) is 0.894. The van der Waals surface area contributed by atoms with Gasteiger partial charge in [-0.05, 0) is 43.9 Å². The number of carbonyl (C=O) groups excluding carboxylic acids is 1. The highest BCUT2D eigenvalue weighted by molar-refractivity contribution is 5.81. The second-order valence-electron chi connectivity index (χ2n) is 6.57. The maximum atomic E-state index is 12.5. The largest absolute Gasteiger partial charge is 0.485 e. The molecule has 1 aromatic carbocycles. The number of pyridine rings is 1. The van der Waals surface area contributed by atoms with Crippen LogP contribution in [0.15, 0.2) is 42.6 Å². The number of ether oxygens (including phenoxy) is 3. The highest BCUT2D eigenvalue weighted by Gasteiger charge is 2.27. The molecule has 0 bridgehead atoms. The molecule has 0 spiro atoms. The summed E-state index contributed by atoms with van der Waals surface area (Å²) in [6.07, 6.45) is 5.80. The Bertz CT molecular complexity index is 774. The number of nitrogens with one attached hydrogen (secondary N) is 1. The van der Waals surface area contributed by atoms with Gasteiger partial charge in [-0.15, -0.1) is 0 Å². The number of amides is 1. The van der Waals surface area contributed by atoms with Crippen molar-refractivity contribution in [1.82, 2.24) is 10.3 Å². The van der Waals surface area contributed by atoms with E-state index in [1.165, 1.54) is 12.8 Å². The van der Waals surface area contributed by atoms with Crippen molar-refractivity contribution in [2.75, 3.05) is 6.61 Å². The minimum atomic E-state index is -0.666. The van der Waals surface area contributed by atoms with E-state index in [9.17, 15) is 4.79 Å². The minimum Gasteiger partial charge on any atom is -0.485 e. The lowest BCUT2D eigenvalue weighted by atomic mass is 10.2. The van der Waals surface area contributed by atoms with Gasteiger partial charge in [-0.2, -0.15) is 0 Å². The summed E-state index contributed by atoms with van der Waals surface area (Å²) in [7, 11) is 0. The number of carbonyl (C=O) groups is 1. The molecule has 1 N–H and O–H groups in total. The Kier molecular flexibility index (Phi) is 4.91. The van der Waals surface area contributed by atoms with Crippen molar-refractivity contribution in [2.24, 2.45) is 0 Å². The summed E-state index contributed by atoms with van der Waals surface area (Å²) in [5.74, 6) is 1.64. The highest BCUT2D eigenvalue weighted by Crippen LogP contribution is 2.31. The van der Waals surface area contributed by atoms with Gasteiger partial charge in [-0.1, -0.05) is 18.2 Å². The Morgan fingerprint density at radius 1 is 1.15 bits per heavy atom. The maximum absolute atomic E-state index is 12.5. The number of para-hydroxylation sites is 2. The molecule has 6 nitrogen and oxygen atoms in total. The van der Waals surface area contributed by atoms with Crippen molar-refractivity contribution in [3.05, 3.63) is 48.2 Å². The fourth-order valence-electron chi connectivity index (χ4n) is 3.27. The molecular weight excluding hydrogens is 332 g/mol. The predicted molar refractivity (Wildman–Crippen MR) is 95.3 cm³/mol. The third kappa shape index (κ3) is 3.74. The second kappa shape index (κ2) is 7.64. The Morgan fingerprint density at radius 2 is 1.96 bits per heavy atom. The van der Waals surface area contributed by atoms with Crippen molar-refractivity contribution >= 4 is 5.91 Å². The van der Waals surface area contributed by atoms with Crippen molar-refractivity contribution < 1.29 is 19.0 Å². The fraction of sp³-hybridized carbons (Fsp3) is 0.400. The van der Waals surface area contributed by atoms with Crippen LogP contribution in [0.1, 0.15) is 31.2 Å². The van der Waals surface area contributed by atoms with Crippen molar-refractivity contribution in [2.45, 2.75) is 44.4 Å². The SMILES string of the molecule is O=C(NCc1cccnc1OC1CCCC1)C1COc2ccccc2O1. The van der Waals surface area contributed by atoms with E-state index in [4.69, 9.17) is 14.2 Å². The van der Waals surface area contributed by atoms with Gasteiger partial charge < -0.3 is 19.5 Å². The molecule has 2 aliphatic rings. The lowest BCUT2D eigenvalue weighted by molar-refractivity contribution is -0.130. The molecule has 1 atom stereocenters. The number of hydrogen-bond acceptors (Lipinski definition) is 5. The number of nitrogens with zero attached hydrogens (tertiary/aromatic N) is 1. The molecule has 2 aromatic rings. The number of aromatic nitrogens is 1. The van der Waals surface area contributed by atoms with Crippen LogP contribution >= 0.6 is 0 Å². The zero-order chi connectivity index (χ0) is 17.8. The van der Waals surface area contributed by atoms with Gasteiger partial charge in [0.1, 0.15) is 12.7 Å². The number of rotatable bonds is 5. The molecule has 1 saturated carbocycles. The van der Waals surface area contributed by atoms with E-state index in [2.05, 4.69) is 10.3 Å². The first-order valence-electron chi connectivity index (χ1n) is 9.06. The van der Waals surface area contributed by atoms with Gasteiger partial charge in [-0.25, -0.2) is 4.98 Å². The Labute approximate surface area is 152 Å². The van der Waals surface area contributed by atoms with E-state index in [-0.39, 0.29) is 18.6 Å². The summed E-state index contributed by atoms with van der Waals surface area (Å²) >= 11 is 0. The van der Waals surface area contributed by atoms with E-state index in [1.54, 1.807) is 12.3 Å². The fourth-order valence-corrected chi connectivity index (χ4v) is 3.27. The van der Waals surface area contributed by atoms with Gasteiger partial charge in [0.05, 0.1) is 0 Å². The number of benzene rings is 1. The van der Waals surface area contributed by atoms with Crippen LogP contribution in [0.25, 0.3) is 0 Å². The van der Waals surface area contributed by atoms with Crippen LogP contribution < -0.4 is 19.5 Å². The Morgan fingerprint density at radius 3 is 2.81 bits per heavy atom. The summed E-state index contributed by atoms with van der Waals surface area (Å²) in [6.45, 7) is 0.539. The van der Waals surface area contributed by atoms with Gasteiger partial charge >= 0.3 is 0 Å². The van der Waals surface area contributed by atoms with Crippen LogP contribution in [0.5, 0.6) is 17.4 Å². The molecule has 2 heterocycles. The van der Waals surface area contributed by atoms with Crippen LogP contribution in [0, 0.1) is 0 Å². The summed E-state index contributed by atoms with van der Waals surface area (Å²) in [4.78, 5) is 16.8. The first-order chi connectivity index (χ1) is 12.8. The third-order valence-corrected chi connectivity index (χ3v) is 4.68. The topological polar surface area (TPSA) is 69.7 Å². The molecule has 1 aliphatic carbocycles. The van der Waals surface area contributed by atoms with Crippen molar-refractivity contribution in [3.63, 3.8) is 0 Å². The molecule has 1 fully saturated rings. The van der Waals surface area contributed by atoms with E-state index < -0.39 is 6.10 Å². The van der Waals surface area contributed by atoms with Crippen LogP contribution in [-0.4, -0.2) is 29.7 Å². The molecule has 1 unspecified atom stereocenters. The van der Waals surface area contributed by atoms with Gasteiger partial charge in [0.2, 0.25) is 12.0 Å². The predicted octanol–water partition coefficient (Wildman–Crippen LogP) is 2.86.